The number of likely N-dealkylation sites (N-methyl/N-ethyl adjacent to an activating group) is 1. The lowest BCUT2D eigenvalue weighted by Crippen LogP contribution is -2.45. The Labute approximate surface area is 127 Å². The van der Waals surface area contributed by atoms with Crippen LogP contribution in [0.4, 0.5) is 11.8 Å². The minimum atomic E-state index is 0.510. The van der Waals surface area contributed by atoms with Crippen molar-refractivity contribution < 1.29 is 4.74 Å². The first-order valence-electron chi connectivity index (χ1n) is 6.32. The molecule has 1 aromatic rings. The molecule has 19 heavy (non-hydrogen) atoms. The van der Waals surface area contributed by atoms with Gasteiger partial charge in [0.1, 0.15) is 5.82 Å². The average Bonchev–Trinajstić information content (AvgIpc) is 2.42. The maximum atomic E-state index is 5.22. The molecule has 6 nitrogen and oxygen atoms in total. The Morgan fingerprint density at radius 1 is 1.26 bits per heavy atom. The molecule has 0 spiro atoms. The molecule has 0 unspecified atom stereocenters. The van der Waals surface area contributed by atoms with Crippen LogP contribution in [0, 0.1) is 3.57 Å². The Hall–Kier alpha value is -0.670. The standard InChI is InChI=1S/C12H20IN5O/c1-14-11-10(13)9(8-19-3)15-12(16-11)18-6-4-17(2)5-7-18/h4-8H2,1-3H3,(H,14,15,16). The van der Waals surface area contributed by atoms with E-state index in [2.05, 4.69) is 54.7 Å². The number of methoxy groups -OCH3 is 1. The smallest absolute Gasteiger partial charge is 0.227 e. The summed E-state index contributed by atoms with van der Waals surface area (Å²) in [5.74, 6) is 1.67. The summed E-state index contributed by atoms with van der Waals surface area (Å²) in [4.78, 5) is 13.8. The lowest BCUT2D eigenvalue weighted by atomic mass is 10.3. The summed E-state index contributed by atoms with van der Waals surface area (Å²) < 4.78 is 6.25. The summed E-state index contributed by atoms with van der Waals surface area (Å²) in [7, 11) is 5.71. The van der Waals surface area contributed by atoms with E-state index in [0.29, 0.717) is 6.61 Å². The van der Waals surface area contributed by atoms with Crippen LogP contribution >= 0.6 is 22.6 Å². The number of aromatic nitrogens is 2. The zero-order valence-electron chi connectivity index (χ0n) is 11.6. The zero-order chi connectivity index (χ0) is 13.8. The van der Waals surface area contributed by atoms with Crippen LogP contribution < -0.4 is 10.2 Å². The van der Waals surface area contributed by atoms with Gasteiger partial charge in [-0.25, -0.2) is 4.98 Å². The molecule has 0 saturated carbocycles. The molecule has 1 aromatic heterocycles. The van der Waals surface area contributed by atoms with E-state index in [1.807, 2.05) is 7.05 Å². The summed E-state index contributed by atoms with van der Waals surface area (Å²) >= 11 is 2.26. The van der Waals surface area contributed by atoms with Crippen LogP contribution in [0.2, 0.25) is 0 Å². The third-order valence-electron chi connectivity index (χ3n) is 3.21. The number of rotatable bonds is 4. The SMILES string of the molecule is CNc1nc(N2CCN(C)CC2)nc(COC)c1I. The third kappa shape index (κ3) is 3.46. The minimum absolute atomic E-state index is 0.510. The third-order valence-corrected chi connectivity index (χ3v) is 4.35. The number of nitrogens with one attached hydrogen (secondary N) is 1. The molecule has 1 aliphatic rings. The molecule has 1 aliphatic heterocycles. The number of hydrogen-bond donors (Lipinski definition) is 1. The average molecular weight is 377 g/mol. The first kappa shape index (κ1) is 14.7. The molecule has 2 rings (SSSR count). The van der Waals surface area contributed by atoms with Crippen LogP contribution in [0.25, 0.3) is 0 Å². The van der Waals surface area contributed by atoms with Crippen molar-refractivity contribution >= 4 is 34.4 Å². The van der Waals surface area contributed by atoms with Gasteiger partial charge in [-0.05, 0) is 29.6 Å². The second kappa shape index (κ2) is 6.67. The highest BCUT2D eigenvalue weighted by Crippen LogP contribution is 2.23. The fourth-order valence-corrected chi connectivity index (χ4v) is 2.69. The highest BCUT2D eigenvalue weighted by Gasteiger charge is 2.19. The van der Waals surface area contributed by atoms with Gasteiger partial charge in [-0.15, -0.1) is 0 Å². The van der Waals surface area contributed by atoms with Crippen molar-refractivity contribution in [3.8, 4) is 0 Å². The molecule has 1 fully saturated rings. The Bertz CT molecular complexity index is 434. The van der Waals surface area contributed by atoms with Crippen molar-refractivity contribution in [2.45, 2.75) is 6.61 Å². The highest BCUT2D eigenvalue weighted by atomic mass is 127. The van der Waals surface area contributed by atoms with Crippen LogP contribution in [0.3, 0.4) is 0 Å². The van der Waals surface area contributed by atoms with Crippen LogP contribution in [-0.4, -0.2) is 62.3 Å². The van der Waals surface area contributed by atoms with Gasteiger partial charge < -0.3 is 19.9 Å². The molecule has 0 bridgehead atoms. The predicted molar refractivity (Wildman–Crippen MR) is 84.7 cm³/mol. The van der Waals surface area contributed by atoms with Gasteiger partial charge in [-0.3, -0.25) is 0 Å². The maximum absolute atomic E-state index is 5.22. The number of ether oxygens (including phenoxy) is 1. The van der Waals surface area contributed by atoms with Crippen LogP contribution in [0.1, 0.15) is 5.69 Å². The summed E-state index contributed by atoms with van der Waals surface area (Å²) in [6, 6.07) is 0. The van der Waals surface area contributed by atoms with Crippen molar-refractivity contribution in [1.29, 1.82) is 0 Å². The fraction of sp³-hybridized carbons (Fsp3) is 0.667. The number of halogens is 1. The second-order valence-corrected chi connectivity index (χ2v) is 5.68. The Morgan fingerprint density at radius 3 is 2.53 bits per heavy atom. The minimum Gasteiger partial charge on any atom is -0.378 e. The second-order valence-electron chi connectivity index (χ2n) is 4.61. The van der Waals surface area contributed by atoms with E-state index in [9.17, 15) is 0 Å². The molecule has 7 heteroatoms. The molecule has 1 N–H and O–H groups in total. The fourth-order valence-electron chi connectivity index (χ4n) is 2.03. The van der Waals surface area contributed by atoms with Gasteiger partial charge in [0, 0.05) is 40.3 Å². The molecule has 0 aromatic carbocycles. The first-order chi connectivity index (χ1) is 9.15. The number of nitrogens with zero attached hydrogens (tertiary/aromatic N) is 4. The van der Waals surface area contributed by atoms with E-state index < -0.39 is 0 Å². The normalized spacial score (nSPS) is 16.7. The van der Waals surface area contributed by atoms with E-state index >= 15 is 0 Å². The molecule has 0 atom stereocenters. The molecular weight excluding hydrogens is 357 g/mol. The molecule has 0 radical (unpaired) electrons. The lowest BCUT2D eigenvalue weighted by molar-refractivity contribution is 0.180. The molecule has 106 valence electrons. The van der Waals surface area contributed by atoms with E-state index in [1.165, 1.54) is 0 Å². The van der Waals surface area contributed by atoms with Crippen molar-refractivity contribution in [3.05, 3.63) is 9.26 Å². The Kier molecular flexibility index (Phi) is 5.17. The molecule has 0 amide bonds. The van der Waals surface area contributed by atoms with Gasteiger partial charge in [-0.1, -0.05) is 0 Å². The van der Waals surface area contributed by atoms with Crippen LogP contribution in [-0.2, 0) is 11.3 Å². The molecule has 2 heterocycles. The number of hydrogen-bond acceptors (Lipinski definition) is 6. The summed E-state index contributed by atoms with van der Waals surface area (Å²) in [5.41, 5.74) is 0.941. The highest BCUT2D eigenvalue weighted by molar-refractivity contribution is 14.1. The first-order valence-corrected chi connectivity index (χ1v) is 7.40. The summed E-state index contributed by atoms with van der Waals surface area (Å²) in [5, 5.41) is 3.13. The van der Waals surface area contributed by atoms with E-state index in [4.69, 9.17) is 4.74 Å². The van der Waals surface area contributed by atoms with Gasteiger partial charge in [-0.2, -0.15) is 4.98 Å². The summed E-state index contributed by atoms with van der Waals surface area (Å²) in [6.07, 6.45) is 0. The topological polar surface area (TPSA) is 53.5 Å². The van der Waals surface area contributed by atoms with Gasteiger partial charge in [0.2, 0.25) is 5.95 Å². The maximum Gasteiger partial charge on any atom is 0.227 e. The summed E-state index contributed by atoms with van der Waals surface area (Å²) in [6.45, 7) is 4.53. The quantitative estimate of drug-likeness (QED) is 0.791. The van der Waals surface area contributed by atoms with Crippen molar-refractivity contribution in [3.63, 3.8) is 0 Å². The van der Waals surface area contributed by atoms with Gasteiger partial charge >= 0.3 is 0 Å². The Balaban J connectivity index is 2.27. The zero-order valence-corrected chi connectivity index (χ0v) is 13.8. The number of piperazine rings is 1. The molecule has 0 aliphatic carbocycles. The van der Waals surface area contributed by atoms with Crippen molar-refractivity contribution in [2.24, 2.45) is 0 Å². The lowest BCUT2D eigenvalue weighted by Gasteiger charge is -2.32. The Morgan fingerprint density at radius 2 is 1.95 bits per heavy atom. The largest absolute Gasteiger partial charge is 0.378 e. The van der Waals surface area contributed by atoms with Crippen molar-refractivity contribution in [2.75, 3.05) is 57.6 Å². The van der Waals surface area contributed by atoms with E-state index in [1.54, 1.807) is 7.11 Å². The predicted octanol–water partition coefficient (Wildman–Crippen LogP) is 1.02. The van der Waals surface area contributed by atoms with Crippen LogP contribution in [0.15, 0.2) is 0 Å². The van der Waals surface area contributed by atoms with Gasteiger partial charge in [0.05, 0.1) is 15.9 Å². The number of anilines is 2. The van der Waals surface area contributed by atoms with E-state index in [-0.39, 0.29) is 0 Å². The molecular formula is C12H20IN5O. The van der Waals surface area contributed by atoms with Gasteiger partial charge in [0.25, 0.3) is 0 Å². The molecule has 1 saturated heterocycles. The van der Waals surface area contributed by atoms with Crippen molar-refractivity contribution in [1.82, 2.24) is 14.9 Å². The van der Waals surface area contributed by atoms with Gasteiger partial charge in [0.15, 0.2) is 0 Å². The van der Waals surface area contributed by atoms with E-state index in [0.717, 1.165) is 47.2 Å². The monoisotopic (exact) mass is 377 g/mol. The van der Waals surface area contributed by atoms with Crippen LogP contribution in [0.5, 0.6) is 0 Å².